The van der Waals surface area contributed by atoms with Gasteiger partial charge in [-0.2, -0.15) is 0 Å². The Morgan fingerprint density at radius 2 is 1.91 bits per heavy atom. The SMILES string of the molecule is NC(CCC(=O)NC(CSc1c(O)c(O)cc2[nH]cc(CC[NH3+])c12)C(=O)NCC(=O)O)C(=O)O. The van der Waals surface area contributed by atoms with Crippen molar-refractivity contribution in [2.45, 2.75) is 36.2 Å². The summed E-state index contributed by atoms with van der Waals surface area (Å²) < 4.78 is 0. The van der Waals surface area contributed by atoms with E-state index in [4.69, 9.17) is 15.9 Å². The van der Waals surface area contributed by atoms with Crippen LogP contribution in [0.1, 0.15) is 18.4 Å². The van der Waals surface area contributed by atoms with E-state index in [0.29, 0.717) is 23.9 Å². The summed E-state index contributed by atoms with van der Waals surface area (Å²) in [5.41, 5.74) is 10.6. The second-order valence-corrected chi connectivity index (χ2v) is 8.47. The van der Waals surface area contributed by atoms with Crippen molar-refractivity contribution in [3.63, 3.8) is 0 Å². The van der Waals surface area contributed by atoms with Crippen molar-refractivity contribution in [1.82, 2.24) is 15.6 Å². The number of nitrogens with one attached hydrogen (secondary N) is 3. The number of carboxylic acid groups (broad SMARTS) is 2. The zero-order valence-electron chi connectivity index (χ0n) is 18.2. The Labute approximate surface area is 197 Å². The Morgan fingerprint density at radius 1 is 1.21 bits per heavy atom. The van der Waals surface area contributed by atoms with Gasteiger partial charge >= 0.3 is 11.9 Å². The molecule has 0 bridgehead atoms. The summed E-state index contributed by atoms with van der Waals surface area (Å²) in [6.07, 6.45) is 1.88. The number of H-pyrrole nitrogens is 1. The molecule has 0 fully saturated rings. The molecule has 2 unspecified atom stereocenters. The maximum absolute atomic E-state index is 12.5. The van der Waals surface area contributed by atoms with Crippen LogP contribution in [0.25, 0.3) is 10.9 Å². The van der Waals surface area contributed by atoms with Gasteiger partial charge in [0.15, 0.2) is 11.5 Å². The molecule has 2 rings (SSSR count). The van der Waals surface area contributed by atoms with Gasteiger partial charge in [-0.15, -0.1) is 11.8 Å². The number of aromatic amines is 1. The predicted octanol–water partition coefficient (Wildman–Crippen LogP) is -1.67. The molecule has 13 nitrogen and oxygen atoms in total. The lowest BCUT2D eigenvalue weighted by Gasteiger charge is -2.19. The first-order valence-electron chi connectivity index (χ1n) is 10.3. The third-order valence-electron chi connectivity index (χ3n) is 4.86. The van der Waals surface area contributed by atoms with Gasteiger partial charge < -0.3 is 47.5 Å². The van der Waals surface area contributed by atoms with Crippen molar-refractivity contribution in [1.29, 1.82) is 0 Å². The molecular weight excluding hydrogens is 470 g/mol. The van der Waals surface area contributed by atoms with Crippen LogP contribution in [0.15, 0.2) is 17.2 Å². The summed E-state index contributed by atoms with van der Waals surface area (Å²) in [6.45, 7) is -0.0969. The molecule has 1 heterocycles. The van der Waals surface area contributed by atoms with E-state index in [1.165, 1.54) is 6.07 Å². The maximum atomic E-state index is 12.5. The largest absolute Gasteiger partial charge is 0.504 e. The molecule has 186 valence electrons. The number of carbonyl (C=O) groups excluding carboxylic acids is 2. The van der Waals surface area contributed by atoms with E-state index in [-0.39, 0.29) is 29.2 Å². The van der Waals surface area contributed by atoms with Crippen LogP contribution in [0, 0.1) is 0 Å². The fourth-order valence-corrected chi connectivity index (χ4v) is 4.34. The summed E-state index contributed by atoms with van der Waals surface area (Å²) in [7, 11) is 0. The number of thioether (sulfide) groups is 1. The number of phenolic OH excluding ortho intramolecular Hbond substituents is 2. The first-order chi connectivity index (χ1) is 16.0. The van der Waals surface area contributed by atoms with Gasteiger partial charge in [0.2, 0.25) is 11.8 Å². The molecule has 0 spiro atoms. The molecule has 1 aromatic carbocycles. The van der Waals surface area contributed by atoms with E-state index in [9.17, 15) is 29.4 Å². The highest BCUT2D eigenvalue weighted by molar-refractivity contribution is 7.99. The topological polar surface area (TPSA) is 243 Å². The Kier molecular flexibility index (Phi) is 9.53. The number of carboxylic acids is 2. The number of aromatic hydroxyl groups is 2. The van der Waals surface area contributed by atoms with E-state index in [0.717, 1.165) is 17.3 Å². The molecule has 12 N–H and O–H groups in total. The fourth-order valence-electron chi connectivity index (χ4n) is 3.14. The lowest BCUT2D eigenvalue weighted by Crippen LogP contribution is -2.51. The monoisotopic (exact) mass is 498 g/mol. The van der Waals surface area contributed by atoms with Crippen molar-refractivity contribution in [3.05, 3.63) is 17.8 Å². The quantitative estimate of drug-likeness (QED) is 0.112. The van der Waals surface area contributed by atoms with Gasteiger partial charge in [-0.3, -0.25) is 19.2 Å². The van der Waals surface area contributed by atoms with Gasteiger partial charge in [-0.25, -0.2) is 0 Å². The molecular formula is C20H28N5O8S+. The lowest BCUT2D eigenvalue weighted by atomic mass is 10.1. The second kappa shape index (κ2) is 12.1. The highest BCUT2D eigenvalue weighted by Gasteiger charge is 2.25. The van der Waals surface area contributed by atoms with E-state index < -0.39 is 48.1 Å². The molecule has 0 radical (unpaired) electrons. The first-order valence-corrected chi connectivity index (χ1v) is 11.3. The van der Waals surface area contributed by atoms with E-state index in [1.54, 1.807) is 6.20 Å². The summed E-state index contributed by atoms with van der Waals surface area (Å²) in [5, 5.41) is 43.5. The third-order valence-corrected chi connectivity index (χ3v) is 6.05. The number of fused-ring (bicyclic) bond motifs is 1. The summed E-state index contributed by atoms with van der Waals surface area (Å²) in [5.74, 6) is -4.89. The van der Waals surface area contributed by atoms with Gasteiger partial charge in [0.25, 0.3) is 0 Å². The number of quaternary nitrogens is 1. The molecule has 0 aliphatic heterocycles. The van der Waals surface area contributed by atoms with Crippen molar-refractivity contribution >= 4 is 46.4 Å². The number of hydrogen-bond acceptors (Lipinski definition) is 8. The van der Waals surface area contributed by atoms with Gasteiger partial charge in [-0.1, -0.05) is 0 Å². The molecule has 2 amide bonds. The number of aromatic nitrogens is 1. The van der Waals surface area contributed by atoms with Gasteiger partial charge in [0.05, 0.1) is 17.0 Å². The van der Waals surface area contributed by atoms with Crippen molar-refractivity contribution < 1.29 is 45.3 Å². The number of aliphatic carboxylic acids is 2. The molecule has 0 saturated carbocycles. The van der Waals surface area contributed by atoms with Crippen molar-refractivity contribution in [2.24, 2.45) is 5.73 Å². The molecule has 34 heavy (non-hydrogen) atoms. The number of hydrogen-bond donors (Lipinski definition) is 9. The summed E-state index contributed by atoms with van der Waals surface area (Å²) >= 11 is 0.985. The average Bonchev–Trinajstić information content (AvgIpc) is 3.17. The Bertz CT molecular complexity index is 1070. The highest BCUT2D eigenvalue weighted by Crippen LogP contribution is 2.43. The zero-order valence-corrected chi connectivity index (χ0v) is 19.0. The second-order valence-electron chi connectivity index (χ2n) is 7.44. The number of amides is 2. The smallest absolute Gasteiger partial charge is 0.322 e. The normalized spacial score (nSPS) is 12.8. The number of phenols is 2. The van der Waals surface area contributed by atoms with Crippen LogP contribution in [0.2, 0.25) is 0 Å². The van der Waals surface area contributed by atoms with E-state index in [2.05, 4.69) is 21.4 Å². The molecule has 0 aliphatic rings. The van der Waals surface area contributed by atoms with Crippen LogP contribution in [0.5, 0.6) is 11.5 Å². The summed E-state index contributed by atoms with van der Waals surface area (Å²) in [6, 6.07) is -1.10. The first kappa shape index (κ1) is 26.8. The molecule has 0 aliphatic carbocycles. The Balaban J connectivity index is 2.25. The van der Waals surface area contributed by atoms with Crippen LogP contribution in [-0.4, -0.2) is 80.1 Å². The lowest BCUT2D eigenvalue weighted by molar-refractivity contribution is -0.366. The number of nitrogens with two attached hydrogens (primary N) is 1. The molecule has 2 aromatic rings. The number of carbonyl (C=O) groups is 4. The van der Waals surface area contributed by atoms with Crippen LogP contribution < -0.4 is 22.1 Å². The third kappa shape index (κ3) is 7.00. The van der Waals surface area contributed by atoms with Crippen LogP contribution >= 0.6 is 11.8 Å². The molecule has 14 heteroatoms. The van der Waals surface area contributed by atoms with Crippen LogP contribution in [-0.2, 0) is 25.6 Å². The fraction of sp³-hybridized carbons (Fsp3) is 0.400. The molecule has 0 saturated heterocycles. The minimum absolute atomic E-state index is 0.122. The highest BCUT2D eigenvalue weighted by atomic mass is 32.2. The van der Waals surface area contributed by atoms with E-state index in [1.807, 2.05) is 0 Å². The van der Waals surface area contributed by atoms with Gasteiger partial charge in [-0.05, 0) is 12.0 Å². The zero-order chi connectivity index (χ0) is 25.4. The van der Waals surface area contributed by atoms with Crippen molar-refractivity contribution in [3.8, 4) is 11.5 Å². The Hall–Kier alpha value is -3.49. The van der Waals surface area contributed by atoms with Crippen LogP contribution in [0.4, 0.5) is 0 Å². The molecule has 2 atom stereocenters. The average molecular weight is 499 g/mol. The minimum atomic E-state index is -1.28. The predicted molar refractivity (Wildman–Crippen MR) is 121 cm³/mol. The van der Waals surface area contributed by atoms with E-state index >= 15 is 0 Å². The van der Waals surface area contributed by atoms with Gasteiger partial charge in [0, 0.05) is 36.2 Å². The van der Waals surface area contributed by atoms with Crippen LogP contribution in [0.3, 0.4) is 0 Å². The number of rotatable bonds is 13. The van der Waals surface area contributed by atoms with Crippen molar-refractivity contribution in [2.75, 3.05) is 18.8 Å². The number of benzene rings is 1. The Morgan fingerprint density at radius 3 is 2.53 bits per heavy atom. The summed E-state index contributed by atoms with van der Waals surface area (Å²) in [4.78, 5) is 49.8. The minimum Gasteiger partial charge on any atom is -0.504 e. The molecule has 1 aromatic heterocycles. The maximum Gasteiger partial charge on any atom is 0.322 e. The van der Waals surface area contributed by atoms with Gasteiger partial charge in [0.1, 0.15) is 18.6 Å². The standard InChI is InChI=1S/C20H27N5O8S/c21-4-3-9-6-23-11-5-13(26)17(30)18(16(9)11)34-8-12(19(31)24-7-15(28)29)25-14(27)2-1-10(22)20(32)33/h5-6,10,12,23,26,30H,1-4,7-8,21-22H2,(H,24,31)(H,25,27)(H,28,29)(H,32,33)/p+1.